The lowest BCUT2D eigenvalue weighted by molar-refractivity contribution is 0.0955. The number of nitrogens with one attached hydrogen (secondary N) is 1. The van der Waals surface area contributed by atoms with Crippen molar-refractivity contribution in [2.45, 2.75) is 13.5 Å². The first-order chi connectivity index (χ1) is 9.65. The van der Waals surface area contributed by atoms with Crippen LogP contribution in [-0.2, 0) is 6.54 Å². The first kappa shape index (κ1) is 12.7. The van der Waals surface area contributed by atoms with Gasteiger partial charge in [-0.15, -0.1) is 11.3 Å². The molecule has 3 aromatic rings. The Hall–Kier alpha value is -2.34. The average Bonchev–Trinajstić information content (AvgIpc) is 3.01. The Morgan fingerprint density at radius 1 is 1.45 bits per heavy atom. The van der Waals surface area contributed by atoms with E-state index in [9.17, 15) is 4.79 Å². The van der Waals surface area contributed by atoms with E-state index in [1.807, 2.05) is 31.2 Å². The Morgan fingerprint density at radius 3 is 2.95 bits per heavy atom. The Labute approximate surface area is 119 Å². The second-order valence-corrected chi connectivity index (χ2v) is 5.50. The van der Waals surface area contributed by atoms with Gasteiger partial charge in [-0.05, 0) is 13.0 Å². The predicted octanol–water partition coefficient (Wildman–Crippen LogP) is 2.71. The molecule has 0 spiro atoms. The summed E-state index contributed by atoms with van der Waals surface area (Å²) in [6.45, 7) is 2.13. The average molecular weight is 287 g/mol. The normalized spacial score (nSPS) is 10.8. The van der Waals surface area contributed by atoms with Crippen molar-refractivity contribution in [1.29, 1.82) is 0 Å². The summed E-state index contributed by atoms with van der Waals surface area (Å²) >= 11 is 1.39. The minimum atomic E-state index is -0.190. The van der Waals surface area contributed by atoms with E-state index in [-0.39, 0.29) is 5.91 Å². The van der Waals surface area contributed by atoms with Gasteiger partial charge in [-0.1, -0.05) is 23.4 Å². The number of fused-ring (bicyclic) bond motifs is 1. The number of nitrogens with two attached hydrogens (primary N) is 1. The molecular formula is C14H13N3O2S. The largest absolute Gasteiger partial charge is 0.397 e. The standard InChI is InChI=1S/C14H13N3O2S/c1-8-6-9(17-19-8)7-16-14(18)13-12(15)10-4-2-3-5-11(10)20-13/h2-6H,7,15H2,1H3,(H,16,18). The monoisotopic (exact) mass is 287 g/mol. The summed E-state index contributed by atoms with van der Waals surface area (Å²) in [6, 6.07) is 9.49. The first-order valence-corrected chi connectivity index (χ1v) is 6.94. The van der Waals surface area contributed by atoms with Crippen molar-refractivity contribution < 1.29 is 9.32 Å². The minimum absolute atomic E-state index is 0.190. The summed E-state index contributed by atoms with van der Waals surface area (Å²) < 4.78 is 5.96. The lowest BCUT2D eigenvalue weighted by atomic mass is 10.2. The van der Waals surface area contributed by atoms with Crippen LogP contribution in [0.3, 0.4) is 0 Å². The molecule has 1 amide bonds. The summed E-state index contributed by atoms with van der Waals surface area (Å²) in [5.41, 5.74) is 7.25. The maximum atomic E-state index is 12.2. The van der Waals surface area contributed by atoms with Crippen molar-refractivity contribution in [3.63, 3.8) is 0 Å². The molecule has 1 aromatic carbocycles. The highest BCUT2D eigenvalue weighted by Gasteiger charge is 2.16. The van der Waals surface area contributed by atoms with Crippen LogP contribution in [0.4, 0.5) is 5.69 Å². The summed E-state index contributed by atoms with van der Waals surface area (Å²) in [6.07, 6.45) is 0. The zero-order valence-corrected chi connectivity index (χ0v) is 11.7. The van der Waals surface area contributed by atoms with Crippen molar-refractivity contribution in [2.24, 2.45) is 0 Å². The third-order valence-corrected chi connectivity index (χ3v) is 4.13. The second kappa shape index (κ2) is 4.97. The van der Waals surface area contributed by atoms with Gasteiger partial charge >= 0.3 is 0 Å². The molecule has 0 radical (unpaired) electrons. The molecule has 2 heterocycles. The predicted molar refractivity (Wildman–Crippen MR) is 78.6 cm³/mol. The van der Waals surface area contributed by atoms with Gasteiger partial charge in [-0.2, -0.15) is 0 Å². The molecule has 0 aliphatic carbocycles. The van der Waals surface area contributed by atoms with Crippen molar-refractivity contribution in [2.75, 3.05) is 5.73 Å². The second-order valence-electron chi connectivity index (χ2n) is 4.45. The molecule has 3 rings (SSSR count). The number of rotatable bonds is 3. The fourth-order valence-electron chi connectivity index (χ4n) is 1.99. The zero-order chi connectivity index (χ0) is 14.1. The molecule has 102 valence electrons. The molecule has 6 heteroatoms. The van der Waals surface area contributed by atoms with Crippen LogP contribution in [0, 0.1) is 6.92 Å². The molecule has 2 aromatic heterocycles. The van der Waals surface area contributed by atoms with Gasteiger partial charge in [0.2, 0.25) is 0 Å². The van der Waals surface area contributed by atoms with Crippen molar-refractivity contribution in [3.05, 3.63) is 46.7 Å². The molecule has 0 aliphatic heterocycles. The Bertz CT molecular complexity index is 776. The maximum absolute atomic E-state index is 12.2. The van der Waals surface area contributed by atoms with Gasteiger partial charge in [0.1, 0.15) is 16.3 Å². The molecule has 0 saturated heterocycles. The summed E-state index contributed by atoms with van der Waals surface area (Å²) in [7, 11) is 0. The van der Waals surface area contributed by atoms with Gasteiger partial charge in [-0.25, -0.2) is 0 Å². The SMILES string of the molecule is Cc1cc(CNC(=O)c2sc3ccccc3c2N)no1. The molecule has 0 fully saturated rings. The number of carbonyl (C=O) groups excluding carboxylic acids is 1. The lowest BCUT2D eigenvalue weighted by Crippen LogP contribution is -2.22. The molecule has 0 saturated carbocycles. The number of hydrogen-bond acceptors (Lipinski definition) is 5. The number of aromatic nitrogens is 1. The van der Waals surface area contributed by atoms with E-state index >= 15 is 0 Å². The van der Waals surface area contributed by atoms with Gasteiger partial charge in [-0.3, -0.25) is 4.79 Å². The molecule has 20 heavy (non-hydrogen) atoms. The van der Waals surface area contributed by atoms with Crippen LogP contribution in [0.15, 0.2) is 34.9 Å². The quantitative estimate of drug-likeness (QED) is 0.776. The Morgan fingerprint density at radius 2 is 2.25 bits per heavy atom. The van der Waals surface area contributed by atoms with Crippen LogP contribution < -0.4 is 11.1 Å². The van der Waals surface area contributed by atoms with E-state index in [1.165, 1.54) is 11.3 Å². The van der Waals surface area contributed by atoms with E-state index in [4.69, 9.17) is 10.3 Å². The van der Waals surface area contributed by atoms with Crippen LogP contribution >= 0.6 is 11.3 Å². The molecule has 0 atom stereocenters. The van der Waals surface area contributed by atoms with Crippen molar-refractivity contribution in [3.8, 4) is 0 Å². The van der Waals surface area contributed by atoms with Gasteiger partial charge in [0.15, 0.2) is 0 Å². The van der Waals surface area contributed by atoms with Crippen LogP contribution in [-0.4, -0.2) is 11.1 Å². The first-order valence-electron chi connectivity index (χ1n) is 6.12. The van der Waals surface area contributed by atoms with Crippen molar-refractivity contribution in [1.82, 2.24) is 10.5 Å². The highest BCUT2D eigenvalue weighted by molar-refractivity contribution is 7.21. The fourth-order valence-corrected chi connectivity index (χ4v) is 3.03. The third kappa shape index (κ3) is 2.25. The van der Waals surface area contributed by atoms with E-state index in [2.05, 4.69) is 10.5 Å². The van der Waals surface area contributed by atoms with Crippen LogP contribution in [0.5, 0.6) is 0 Å². The molecule has 5 nitrogen and oxygen atoms in total. The molecule has 0 unspecified atom stereocenters. The van der Waals surface area contributed by atoms with E-state index in [1.54, 1.807) is 6.07 Å². The zero-order valence-electron chi connectivity index (χ0n) is 10.8. The number of thiophene rings is 1. The van der Waals surface area contributed by atoms with E-state index < -0.39 is 0 Å². The van der Waals surface area contributed by atoms with Gasteiger partial charge in [0.25, 0.3) is 5.91 Å². The molecule has 0 bridgehead atoms. The fraction of sp³-hybridized carbons (Fsp3) is 0.143. The number of nitrogen functional groups attached to an aromatic ring is 1. The molecule has 3 N–H and O–H groups in total. The van der Waals surface area contributed by atoms with Gasteiger partial charge in [0.05, 0.1) is 12.2 Å². The Balaban J connectivity index is 1.80. The van der Waals surface area contributed by atoms with Crippen LogP contribution in [0.1, 0.15) is 21.1 Å². The number of anilines is 1. The number of benzene rings is 1. The van der Waals surface area contributed by atoms with Crippen LogP contribution in [0.25, 0.3) is 10.1 Å². The summed E-state index contributed by atoms with van der Waals surface area (Å²) in [5, 5.41) is 7.54. The molecule has 0 aliphatic rings. The summed E-state index contributed by atoms with van der Waals surface area (Å²) in [5.74, 6) is 0.528. The number of nitrogens with zero attached hydrogens (tertiary/aromatic N) is 1. The Kier molecular flexibility index (Phi) is 3.15. The topological polar surface area (TPSA) is 81.2 Å². The number of amides is 1. The highest BCUT2D eigenvalue weighted by Crippen LogP contribution is 2.33. The van der Waals surface area contributed by atoms with Gasteiger partial charge in [0, 0.05) is 16.2 Å². The highest BCUT2D eigenvalue weighted by atomic mass is 32.1. The van der Waals surface area contributed by atoms with Crippen molar-refractivity contribution >= 4 is 33.0 Å². The van der Waals surface area contributed by atoms with Crippen LogP contribution in [0.2, 0.25) is 0 Å². The number of carbonyl (C=O) groups is 1. The number of hydrogen-bond donors (Lipinski definition) is 2. The lowest BCUT2D eigenvalue weighted by Gasteiger charge is -2.01. The maximum Gasteiger partial charge on any atom is 0.263 e. The number of aryl methyl sites for hydroxylation is 1. The minimum Gasteiger partial charge on any atom is -0.397 e. The smallest absolute Gasteiger partial charge is 0.263 e. The third-order valence-electron chi connectivity index (χ3n) is 2.95. The van der Waals surface area contributed by atoms with E-state index in [0.717, 1.165) is 15.8 Å². The summed E-state index contributed by atoms with van der Waals surface area (Å²) in [4.78, 5) is 12.7. The molecular weight excluding hydrogens is 274 g/mol. The van der Waals surface area contributed by atoms with E-state index in [0.29, 0.717) is 22.8 Å². The van der Waals surface area contributed by atoms with Gasteiger partial charge < -0.3 is 15.6 Å².